The van der Waals surface area contributed by atoms with Gasteiger partial charge >= 0.3 is 0 Å². The number of rotatable bonds is 4. The number of aromatic hydroxyl groups is 1. The van der Waals surface area contributed by atoms with Gasteiger partial charge in [-0.15, -0.1) is 0 Å². The van der Waals surface area contributed by atoms with Gasteiger partial charge in [-0.25, -0.2) is 15.0 Å². The molecule has 0 saturated carbocycles. The van der Waals surface area contributed by atoms with Crippen molar-refractivity contribution >= 4 is 28.9 Å². The number of pyridine rings is 1. The number of fused-ring (bicyclic) bond motifs is 1. The average Bonchev–Trinajstić information content (AvgIpc) is 3.08. The summed E-state index contributed by atoms with van der Waals surface area (Å²) < 4.78 is 7.17. The zero-order valence-electron chi connectivity index (χ0n) is 13.7. The number of phenols is 1. The molecule has 0 saturated heterocycles. The Morgan fingerprint density at radius 2 is 2.04 bits per heavy atom. The Balaban J connectivity index is 1.76. The van der Waals surface area contributed by atoms with Crippen molar-refractivity contribution in [3.8, 4) is 22.9 Å². The molecule has 7 nitrogen and oxygen atoms in total. The Hall–Kier alpha value is -3.32. The van der Waals surface area contributed by atoms with Gasteiger partial charge in [0.05, 0.1) is 35.9 Å². The van der Waals surface area contributed by atoms with Gasteiger partial charge in [0, 0.05) is 12.3 Å². The first kappa shape index (κ1) is 16.2. The van der Waals surface area contributed by atoms with Crippen molar-refractivity contribution in [1.29, 1.82) is 0 Å². The summed E-state index contributed by atoms with van der Waals surface area (Å²) in [6, 6.07) is 10.5. The molecule has 0 fully saturated rings. The van der Waals surface area contributed by atoms with Crippen LogP contribution in [0.5, 0.6) is 11.5 Å². The number of nitrogens with zero attached hydrogens (tertiary/aromatic N) is 4. The summed E-state index contributed by atoms with van der Waals surface area (Å²) in [7, 11) is 1.52. The monoisotopic (exact) mass is 367 g/mol. The second-order valence-electron chi connectivity index (χ2n) is 5.47. The topological polar surface area (TPSA) is 84.6 Å². The van der Waals surface area contributed by atoms with Crippen LogP contribution in [0.2, 0.25) is 5.02 Å². The molecule has 3 heterocycles. The second-order valence-corrected chi connectivity index (χ2v) is 5.88. The molecular formula is C18H14ClN5O2. The summed E-state index contributed by atoms with van der Waals surface area (Å²) in [5, 5.41) is 13.1. The molecule has 2 N–H and O–H groups in total. The van der Waals surface area contributed by atoms with Gasteiger partial charge in [0.15, 0.2) is 0 Å². The number of ether oxygens (including phenoxy) is 1. The smallest absolute Gasteiger partial charge is 0.227 e. The van der Waals surface area contributed by atoms with E-state index in [-0.39, 0.29) is 5.75 Å². The van der Waals surface area contributed by atoms with Crippen LogP contribution in [-0.4, -0.2) is 31.6 Å². The maximum atomic E-state index is 9.57. The van der Waals surface area contributed by atoms with Crippen molar-refractivity contribution in [1.82, 2.24) is 19.4 Å². The standard InChI is InChI=1S/C18H14ClN5O2/c1-26-15-8-11(25)5-6-13(15)22-18-21-9-12(19)17(23-18)14-10-20-16-4-2-3-7-24(14)16/h2-10,25H,1H3,(H,21,22,23). The highest BCUT2D eigenvalue weighted by Gasteiger charge is 2.14. The predicted octanol–water partition coefficient (Wildman–Crippen LogP) is 3.90. The molecule has 0 aliphatic heterocycles. The van der Waals surface area contributed by atoms with E-state index in [1.807, 2.05) is 28.8 Å². The first-order valence-corrected chi connectivity index (χ1v) is 8.12. The third-order valence-electron chi connectivity index (χ3n) is 3.84. The minimum Gasteiger partial charge on any atom is -0.508 e. The minimum atomic E-state index is 0.107. The maximum absolute atomic E-state index is 9.57. The van der Waals surface area contributed by atoms with Crippen LogP contribution in [0, 0.1) is 0 Å². The fourth-order valence-corrected chi connectivity index (χ4v) is 2.81. The first-order valence-electron chi connectivity index (χ1n) is 7.75. The van der Waals surface area contributed by atoms with E-state index < -0.39 is 0 Å². The third kappa shape index (κ3) is 2.89. The van der Waals surface area contributed by atoms with E-state index in [9.17, 15) is 5.11 Å². The molecule has 0 unspecified atom stereocenters. The molecule has 0 aliphatic carbocycles. The second kappa shape index (κ2) is 6.53. The van der Waals surface area contributed by atoms with Crippen LogP contribution >= 0.6 is 11.6 Å². The molecule has 0 spiro atoms. The Morgan fingerprint density at radius 1 is 1.15 bits per heavy atom. The van der Waals surface area contributed by atoms with E-state index in [4.69, 9.17) is 16.3 Å². The maximum Gasteiger partial charge on any atom is 0.227 e. The molecular weight excluding hydrogens is 354 g/mol. The summed E-state index contributed by atoms with van der Waals surface area (Å²) in [4.78, 5) is 13.1. The van der Waals surface area contributed by atoms with E-state index in [2.05, 4.69) is 20.3 Å². The van der Waals surface area contributed by atoms with Crippen molar-refractivity contribution in [2.75, 3.05) is 12.4 Å². The van der Waals surface area contributed by atoms with Crippen molar-refractivity contribution < 1.29 is 9.84 Å². The number of benzene rings is 1. The van der Waals surface area contributed by atoms with Gasteiger partial charge in [0.1, 0.15) is 22.8 Å². The van der Waals surface area contributed by atoms with Gasteiger partial charge in [-0.05, 0) is 24.3 Å². The molecule has 0 atom stereocenters. The van der Waals surface area contributed by atoms with Crippen molar-refractivity contribution in [3.05, 3.63) is 60.0 Å². The van der Waals surface area contributed by atoms with Crippen LogP contribution in [0.1, 0.15) is 0 Å². The average molecular weight is 368 g/mol. The molecule has 0 aliphatic rings. The molecule has 4 aromatic rings. The molecule has 0 bridgehead atoms. The van der Waals surface area contributed by atoms with E-state index in [0.29, 0.717) is 28.1 Å². The lowest BCUT2D eigenvalue weighted by Gasteiger charge is -2.11. The normalized spacial score (nSPS) is 10.8. The molecule has 0 radical (unpaired) electrons. The fraction of sp³-hybridized carbons (Fsp3) is 0.0556. The summed E-state index contributed by atoms with van der Waals surface area (Å²) in [6.07, 6.45) is 5.14. The Kier molecular flexibility index (Phi) is 4.06. The number of phenolic OH excluding ortho intramolecular Hbond substituents is 1. The molecule has 26 heavy (non-hydrogen) atoms. The van der Waals surface area contributed by atoms with Crippen LogP contribution in [-0.2, 0) is 0 Å². The zero-order valence-corrected chi connectivity index (χ0v) is 14.5. The number of nitrogens with one attached hydrogen (secondary N) is 1. The highest BCUT2D eigenvalue weighted by atomic mass is 35.5. The fourth-order valence-electron chi connectivity index (χ4n) is 2.62. The predicted molar refractivity (Wildman–Crippen MR) is 99.2 cm³/mol. The van der Waals surface area contributed by atoms with Crippen LogP contribution < -0.4 is 10.1 Å². The highest BCUT2D eigenvalue weighted by molar-refractivity contribution is 6.32. The molecule has 8 heteroatoms. The lowest BCUT2D eigenvalue weighted by Crippen LogP contribution is -2.01. The Bertz CT molecular complexity index is 1100. The third-order valence-corrected chi connectivity index (χ3v) is 4.11. The SMILES string of the molecule is COc1cc(O)ccc1Nc1ncc(Cl)c(-c2cnc3ccccn23)n1. The van der Waals surface area contributed by atoms with Gasteiger partial charge < -0.3 is 15.2 Å². The molecule has 0 amide bonds. The lowest BCUT2D eigenvalue weighted by atomic mass is 10.2. The van der Waals surface area contributed by atoms with Crippen molar-refractivity contribution in [2.24, 2.45) is 0 Å². The van der Waals surface area contributed by atoms with E-state index in [1.165, 1.54) is 19.4 Å². The molecule has 1 aromatic carbocycles. The summed E-state index contributed by atoms with van der Waals surface area (Å²) in [5.74, 6) is 0.926. The zero-order chi connectivity index (χ0) is 18.1. The number of halogens is 1. The van der Waals surface area contributed by atoms with Crippen LogP contribution in [0.4, 0.5) is 11.6 Å². The van der Waals surface area contributed by atoms with Crippen molar-refractivity contribution in [2.45, 2.75) is 0 Å². The molecule has 3 aromatic heterocycles. The van der Waals surface area contributed by atoms with Crippen molar-refractivity contribution in [3.63, 3.8) is 0 Å². The van der Waals surface area contributed by atoms with Crippen LogP contribution in [0.3, 0.4) is 0 Å². The lowest BCUT2D eigenvalue weighted by molar-refractivity contribution is 0.409. The number of imidazole rings is 1. The molecule has 4 rings (SSSR count). The Labute approximate surface area is 153 Å². The van der Waals surface area contributed by atoms with Gasteiger partial charge in [0.25, 0.3) is 0 Å². The van der Waals surface area contributed by atoms with Crippen LogP contribution in [0.15, 0.2) is 55.0 Å². The van der Waals surface area contributed by atoms with Crippen LogP contribution in [0.25, 0.3) is 17.0 Å². The number of aromatic nitrogens is 4. The van der Waals surface area contributed by atoms with Gasteiger partial charge in [-0.2, -0.15) is 0 Å². The molecule has 130 valence electrons. The van der Waals surface area contributed by atoms with Gasteiger partial charge in [0.2, 0.25) is 5.95 Å². The number of hydrogen-bond donors (Lipinski definition) is 2. The number of anilines is 2. The van der Waals surface area contributed by atoms with E-state index >= 15 is 0 Å². The first-order chi connectivity index (χ1) is 12.7. The quantitative estimate of drug-likeness (QED) is 0.532. The summed E-state index contributed by atoms with van der Waals surface area (Å²) >= 11 is 6.32. The van der Waals surface area contributed by atoms with Gasteiger partial charge in [-0.1, -0.05) is 17.7 Å². The summed E-state index contributed by atoms with van der Waals surface area (Å²) in [5.41, 5.74) is 2.73. The Morgan fingerprint density at radius 3 is 2.88 bits per heavy atom. The van der Waals surface area contributed by atoms with E-state index in [0.717, 1.165) is 11.3 Å². The largest absolute Gasteiger partial charge is 0.508 e. The van der Waals surface area contributed by atoms with E-state index in [1.54, 1.807) is 18.3 Å². The minimum absolute atomic E-state index is 0.107. The number of methoxy groups -OCH3 is 1. The van der Waals surface area contributed by atoms with Gasteiger partial charge in [-0.3, -0.25) is 4.40 Å². The highest BCUT2D eigenvalue weighted by Crippen LogP contribution is 2.32. The number of hydrogen-bond acceptors (Lipinski definition) is 6. The summed E-state index contributed by atoms with van der Waals surface area (Å²) in [6.45, 7) is 0.